The highest BCUT2D eigenvalue weighted by atomic mass is 19.1. The van der Waals surface area contributed by atoms with Crippen LogP contribution in [0.1, 0.15) is 50.2 Å². The molecule has 0 aliphatic heterocycles. The number of nitrogens with two attached hydrogens (primary N) is 1. The summed E-state index contributed by atoms with van der Waals surface area (Å²) in [5, 5.41) is 1.79. The lowest BCUT2D eigenvalue weighted by molar-refractivity contribution is 0.0994. The lowest BCUT2D eigenvalue weighted by Gasteiger charge is -2.44. The van der Waals surface area contributed by atoms with Gasteiger partial charge in [-0.05, 0) is 62.1 Å². The van der Waals surface area contributed by atoms with Gasteiger partial charge in [-0.1, -0.05) is 37.3 Å². The summed E-state index contributed by atoms with van der Waals surface area (Å²) in [6.45, 7) is 4.07. The number of halogens is 1. The van der Waals surface area contributed by atoms with E-state index in [0.717, 1.165) is 48.4 Å². The fourth-order valence-electron chi connectivity index (χ4n) is 4.94. The molecule has 1 aliphatic rings. The topological polar surface area (TPSA) is 48.1 Å². The highest BCUT2D eigenvalue weighted by Gasteiger charge is 2.41. The Morgan fingerprint density at radius 3 is 2.62 bits per heavy atom. The first-order valence-electron chi connectivity index (χ1n) is 10.6. The van der Waals surface area contributed by atoms with Gasteiger partial charge in [-0.25, -0.2) is 4.39 Å². The van der Waals surface area contributed by atoms with Crippen LogP contribution in [0.5, 0.6) is 5.75 Å². The molecule has 1 saturated carbocycles. The Kier molecular flexibility index (Phi) is 5.55. The van der Waals surface area contributed by atoms with Gasteiger partial charge in [-0.2, -0.15) is 0 Å². The van der Waals surface area contributed by atoms with E-state index in [-0.39, 0.29) is 23.4 Å². The number of aromatic nitrogens is 1. The van der Waals surface area contributed by atoms with Crippen molar-refractivity contribution < 1.29 is 9.13 Å². The Morgan fingerprint density at radius 1 is 1.21 bits per heavy atom. The summed E-state index contributed by atoms with van der Waals surface area (Å²) in [5.74, 6) is 0.0638. The highest BCUT2D eigenvalue weighted by molar-refractivity contribution is 5.86. The standard InChI is InChI=1S/C25H29FN2O/c1-3-23(27)25(19-7-5-4-6-8-19)12-9-20(10-13-25)29-24-17(2)21-11-14-28-16-18(21)15-22(24)26/h4-8,11,14-16,20,23H,3,9-10,12-13,27H2,1-2H3/t20-,23-,25+/m0/s1. The normalized spacial score (nSPS) is 23.1. The highest BCUT2D eigenvalue weighted by Crippen LogP contribution is 2.44. The van der Waals surface area contributed by atoms with E-state index >= 15 is 0 Å². The number of ether oxygens (including phenoxy) is 1. The molecule has 2 N–H and O–H groups in total. The first-order chi connectivity index (χ1) is 14.0. The van der Waals surface area contributed by atoms with Crippen molar-refractivity contribution in [3.8, 4) is 5.75 Å². The Labute approximate surface area is 172 Å². The van der Waals surface area contributed by atoms with Gasteiger partial charge in [0.2, 0.25) is 0 Å². The molecule has 1 atom stereocenters. The molecule has 1 aromatic heterocycles. The lowest BCUT2D eigenvalue weighted by Crippen LogP contribution is -2.48. The third-order valence-electron chi connectivity index (χ3n) is 6.70. The van der Waals surface area contributed by atoms with Crippen molar-refractivity contribution in [1.29, 1.82) is 0 Å². The van der Waals surface area contributed by atoms with E-state index in [0.29, 0.717) is 5.75 Å². The molecule has 3 nitrogen and oxygen atoms in total. The largest absolute Gasteiger partial charge is 0.487 e. The molecule has 0 bridgehead atoms. The Morgan fingerprint density at radius 2 is 1.93 bits per heavy atom. The molecular weight excluding hydrogens is 363 g/mol. The average Bonchev–Trinajstić information content (AvgIpc) is 2.77. The van der Waals surface area contributed by atoms with Gasteiger partial charge >= 0.3 is 0 Å². The molecule has 29 heavy (non-hydrogen) atoms. The summed E-state index contributed by atoms with van der Waals surface area (Å²) in [5.41, 5.74) is 8.74. The van der Waals surface area contributed by atoms with Gasteiger partial charge in [-0.3, -0.25) is 4.98 Å². The van der Waals surface area contributed by atoms with Crippen LogP contribution in [0, 0.1) is 12.7 Å². The minimum atomic E-state index is -0.312. The molecule has 4 heteroatoms. The van der Waals surface area contributed by atoms with E-state index in [4.69, 9.17) is 10.5 Å². The molecule has 0 radical (unpaired) electrons. The molecule has 4 rings (SSSR count). The van der Waals surface area contributed by atoms with Crippen LogP contribution in [0.4, 0.5) is 4.39 Å². The third kappa shape index (κ3) is 3.62. The van der Waals surface area contributed by atoms with E-state index in [1.807, 2.05) is 19.1 Å². The molecule has 1 fully saturated rings. The smallest absolute Gasteiger partial charge is 0.166 e. The molecular formula is C25H29FN2O. The molecule has 1 aliphatic carbocycles. The number of hydrogen-bond acceptors (Lipinski definition) is 3. The van der Waals surface area contributed by atoms with Gasteiger partial charge in [0.15, 0.2) is 11.6 Å². The van der Waals surface area contributed by atoms with Crippen molar-refractivity contribution in [3.63, 3.8) is 0 Å². The fraction of sp³-hybridized carbons (Fsp3) is 0.400. The summed E-state index contributed by atoms with van der Waals surface area (Å²) in [6.07, 6.45) is 8.01. The van der Waals surface area contributed by atoms with Crippen LogP contribution in [-0.4, -0.2) is 17.1 Å². The Balaban J connectivity index is 1.56. The zero-order valence-electron chi connectivity index (χ0n) is 17.2. The summed E-state index contributed by atoms with van der Waals surface area (Å²) in [6, 6.07) is 14.2. The molecule has 0 unspecified atom stereocenters. The number of pyridine rings is 1. The van der Waals surface area contributed by atoms with Gasteiger partial charge in [0.1, 0.15) is 0 Å². The third-order valence-corrected chi connectivity index (χ3v) is 6.70. The SMILES string of the molecule is CC[C@H](N)[C@]1(c2ccccc2)CC[C@H](Oc2c(F)cc3cnccc3c2C)CC1. The number of aryl methyl sites for hydroxylation is 1. The lowest BCUT2D eigenvalue weighted by atomic mass is 9.64. The number of nitrogens with zero attached hydrogens (tertiary/aromatic N) is 1. The van der Waals surface area contributed by atoms with Crippen molar-refractivity contribution in [3.05, 3.63) is 71.8 Å². The van der Waals surface area contributed by atoms with Crippen molar-refractivity contribution in [2.45, 2.75) is 63.5 Å². The second-order valence-electron chi connectivity index (χ2n) is 8.26. The van der Waals surface area contributed by atoms with Crippen LogP contribution >= 0.6 is 0 Å². The van der Waals surface area contributed by atoms with Gasteiger partial charge in [0.25, 0.3) is 0 Å². The van der Waals surface area contributed by atoms with Gasteiger partial charge < -0.3 is 10.5 Å². The van der Waals surface area contributed by atoms with Crippen molar-refractivity contribution in [2.75, 3.05) is 0 Å². The minimum absolute atomic E-state index is 0.00313. The van der Waals surface area contributed by atoms with Crippen LogP contribution in [0.25, 0.3) is 10.8 Å². The van der Waals surface area contributed by atoms with Crippen LogP contribution in [0.15, 0.2) is 54.9 Å². The van der Waals surface area contributed by atoms with Crippen molar-refractivity contribution >= 4 is 10.8 Å². The van der Waals surface area contributed by atoms with Crippen LogP contribution in [0.3, 0.4) is 0 Å². The van der Waals surface area contributed by atoms with Crippen molar-refractivity contribution in [1.82, 2.24) is 4.98 Å². The van der Waals surface area contributed by atoms with E-state index < -0.39 is 0 Å². The number of benzene rings is 2. The Hall–Kier alpha value is -2.46. The summed E-state index contributed by atoms with van der Waals surface area (Å²) in [7, 11) is 0. The summed E-state index contributed by atoms with van der Waals surface area (Å²) < 4.78 is 21.0. The van der Waals surface area contributed by atoms with Crippen LogP contribution in [-0.2, 0) is 5.41 Å². The van der Waals surface area contributed by atoms with E-state index in [1.165, 1.54) is 11.6 Å². The zero-order chi connectivity index (χ0) is 20.4. The van der Waals surface area contributed by atoms with E-state index in [9.17, 15) is 4.39 Å². The first kappa shape index (κ1) is 19.8. The molecule has 152 valence electrons. The van der Waals surface area contributed by atoms with E-state index in [2.05, 4.69) is 36.2 Å². The van der Waals surface area contributed by atoms with Crippen LogP contribution < -0.4 is 10.5 Å². The summed E-state index contributed by atoms with van der Waals surface area (Å²) in [4.78, 5) is 4.09. The monoisotopic (exact) mass is 392 g/mol. The molecule has 1 heterocycles. The van der Waals surface area contributed by atoms with E-state index in [1.54, 1.807) is 12.4 Å². The first-order valence-corrected chi connectivity index (χ1v) is 10.6. The maximum absolute atomic E-state index is 14.8. The predicted octanol–water partition coefficient (Wildman–Crippen LogP) is 5.68. The summed E-state index contributed by atoms with van der Waals surface area (Å²) >= 11 is 0. The van der Waals surface area contributed by atoms with Gasteiger partial charge in [0.05, 0.1) is 6.10 Å². The zero-order valence-corrected chi connectivity index (χ0v) is 17.2. The maximum atomic E-state index is 14.8. The fourth-order valence-corrected chi connectivity index (χ4v) is 4.94. The molecule has 3 aromatic rings. The second-order valence-corrected chi connectivity index (χ2v) is 8.26. The van der Waals surface area contributed by atoms with Gasteiger partial charge in [0, 0.05) is 34.8 Å². The van der Waals surface area contributed by atoms with Crippen molar-refractivity contribution in [2.24, 2.45) is 5.73 Å². The second kappa shape index (κ2) is 8.11. The number of rotatable bonds is 5. The average molecular weight is 393 g/mol. The predicted molar refractivity (Wildman–Crippen MR) is 116 cm³/mol. The number of fused-ring (bicyclic) bond motifs is 1. The maximum Gasteiger partial charge on any atom is 0.166 e. The number of hydrogen-bond donors (Lipinski definition) is 1. The molecule has 2 aromatic carbocycles. The molecule has 0 spiro atoms. The quantitative estimate of drug-likeness (QED) is 0.608. The van der Waals surface area contributed by atoms with Crippen LogP contribution in [0.2, 0.25) is 0 Å². The molecule has 0 amide bonds. The van der Waals surface area contributed by atoms with Gasteiger partial charge in [-0.15, -0.1) is 0 Å². The Bertz CT molecular complexity index is 981. The molecule has 0 saturated heterocycles. The minimum Gasteiger partial charge on any atom is -0.487 e.